The van der Waals surface area contributed by atoms with E-state index in [4.69, 9.17) is 5.11 Å². The van der Waals surface area contributed by atoms with E-state index in [1.165, 1.54) is 11.9 Å². The molecule has 5 nitrogen and oxygen atoms in total. The van der Waals surface area contributed by atoms with Gasteiger partial charge in [0.2, 0.25) is 0 Å². The number of aliphatic hydroxyl groups is 2. The van der Waals surface area contributed by atoms with Crippen LogP contribution in [0.4, 0.5) is 0 Å². The number of hydrogen-bond acceptors (Lipinski definition) is 4. The minimum atomic E-state index is -1.01. The van der Waals surface area contributed by atoms with Crippen LogP contribution in [0.15, 0.2) is 36.4 Å². The van der Waals surface area contributed by atoms with Crippen molar-refractivity contribution in [2.75, 3.05) is 12.4 Å². The topological polar surface area (TPSA) is 82.7 Å². The van der Waals surface area contributed by atoms with E-state index in [0.29, 0.717) is 6.42 Å². The normalized spacial score (nSPS) is 14.0. The smallest absolute Gasteiger partial charge is 0.353 e. The molecule has 3 rings (SSSR count). The van der Waals surface area contributed by atoms with Crippen LogP contribution in [0.1, 0.15) is 21.6 Å². The predicted octanol–water partition coefficient (Wildman–Crippen LogP) is 2.27. The Bertz CT molecular complexity index is 766. The highest BCUT2D eigenvalue weighted by molar-refractivity contribution is 7.98. The van der Waals surface area contributed by atoms with Crippen LogP contribution in [0.3, 0.4) is 0 Å². The lowest BCUT2D eigenvalue weighted by molar-refractivity contribution is 0.0690. The van der Waals surface area contributed by atoms with E-state index < -0.39 is 12.1 Å². The second kappa shape index (κ2) is 6.62. The molecular weight excluding hydrogens is 314 g/mol. The molecule has 1 aromatic carbocycles. The van der Waals surface area contributed by atoms with Crippen molar-refractivity contribution in [2.24, 2.45) is 0 Å². The Hall–Kier alpha value is -2.02. The van der Waals surface area contributed by atoms with Crippen LogP contribution in [0.2, 0.25) is 0 Å². The number of nitrogens with zero attached hydrogens (tertiary/aromatic N) is 1. The average molecular weight is 331 g/mol. The number of fused-ring (bicyclic) bond motifs is 3. The van der Waals surface area contributed by atoms with Crippen molar-refractivity contribution >= 4 is 24.0 Å². The first-order valence-corrected chi connectivity index (χ1v) is 8.22. The molecule has 0 saturated heterocycles. The summed E-state index contributed by atoms with van der Waals surface area (Å²) in [4.78, 5) is 11.6. The lowest BCUT2D eigenvalue weighted by atomic mass is 10.0. The maximum Gasteiger partial charge on any atom is 0.353 e. The summed E-state index contributed by atoms with van der Waals surface area (Å²) in [6.07, 6.45) is 3.82. The van der Waals surface area contributed by atoms with Gasteiger partial charge in [-0.05, 0) is 35.6 Å². The molecule has 1 atom stereocenters. The Labute approximate surface area is 138 Å². The Morgan fingerprint density at radius 1 is 1.35 bits per heavy atom. The van der Waals surface area contributed by atoms with E-state index in [1.54, 1.807) is 10.0 Å². The van der Waals surface area contributed by atoms with E-state index >= 15 is 0 Å². The van der Waals surface area contributed by atoms with Gasteiger partial charge in [-0.15, -0.1) is 0 Å². The number of aromatic carboxylic acids is 1. The lowest BCUT2D eigenvalue weighted by Gasteiger charge is -2.14. The number of aliphatic hydroxyl groups excluding tert-OH is 2. The van der Waals surface area contributed by atoms with Crippen molar-refractivity contribution in [3.8, 4) is 11.3 Å². The molecule has 1 unspecified atom stereocenters. The van der Waals surface area contributed by atoms with Crippen LogP contribution in [-0.4, -0.2) is 43.7 Å². The number of carbonyl (C=O) groups is 1. The molecule has 0 saturated carbocycles. The molecule has 0 aliphatic heterocycles. The minimum Gasteiger partial charge on any atom is -0.477 e. The fourth-order valence-electron chi connectivity index (χ4n) is 2.65. The minimum absolute atomic E-state index is 0.176. The summed E-state index contributed by atoms with van der Waals surface area (Å²) in [5, 5.41) is 28.1. The van der Waals surface area contributed by atoms with E-state index in [9.17, 15) is 15.0 Å². The van der Waals surface area contributed by atoms with Crippen LogP contribution in [0.5, 0.6) is 0 Å². The Morgan fingerprint density at radius 3 is 2.87 bits per heavy atom. The third-order valence-electron chi connectivity index (χ3n) is 3.71. The molecule has 1 aliphatic carbocycles. The zero-order valence-electron chi connectivity index (χ0n) is 12.3. The molecule has 0 amide bonds. The van der Waals surface area contributed by atoms with Crippen molar-refractivity contribution in [1.29, 1.82) is 0 Å². The maximum atomic E-state index is 11.6. The molecule has 6 heteroatoms. The van der Waals surface area contributed by atoms with Gasteiger partial charge in [0, 0.05) is 11.3 Å². The molecule has 0 spiro atoms. The molecule has 2 aromatic rings. The summed E-state index contributed by atoms with van der Waals surface area (Å²) < 4.78 is 1.66. The van der Waals surface area contributed by atoms with Crippen LogP contribution in [0, 0.1) is 0 Å². The summed E-state index contributed by atoms with van der Waals surface area (Å²) in [5.41, 5.74) is 3.96. The van der Waals surface area contributed by atoms with Crippen molar-refractivity contribution in [2.45, 2.75) is 12.5 Å². The van der Waals surface area contributed by atoms with Crippen LogP contribution < -0.4 is 0 Å². The lowest BCUT2D eigenvalue weighted by Crippen LogP contribution is -2.17. The maximum absolute atomic E-state index is 11.6. The number of allylic oxidation sites excluding steroid dienone is 1. The predicted molar refractivity (Wildman–Crippen MR) is 90.5 cm³/mol. The zero-order chi connectivity index (χ0) is 16.4. The van der Waals surface area contributed by atoms with Gasteiger partial charge in [-0.1, -0.05) is 36.4 Å². The van der Waals surface area contributed by atoms with Gasteiger partial charge in [-0.3, -0.25) is 3.97 Å². The van der Waals surface area contributed by atoms with E-state index in [-0.39, 0.29) is 18.1 Å². The van der Waals surface area contributed by atoms with Gasteiger partial charge in [-0.25, -0.2) is 4.79 Å². The van der Waals surface area contributed by atoms with E-state index in [2.05, 4.69) is 0 Å². The van der Waals surface area contributed by atoms with Crippen LogP contribution >= 0.6 is 11.9 Å². The molecule has 1 aromatic heterocycles. The Balaban J connectivity index is 2.13. The highest BCUT2D eigenvalue weighted by Gasteiger charge is 2.23. The molecule has 3 N–H and O–H groups in total. The third kappa shape index (κ3) is 3.06. The Kier molecular flexibility index (Phi) is 4.56. The molecule has 120 valence electrons. The molecular formula is C17H17NO4S. The number of carboxylic acid groups (broad SMARTS) is 1. The van der Waals surface area contributed by atoms with E-state index in [0.717, 1.165) is 22.4 Å². The number of carboxylic acids is 1. The number of hydrogen-bond donors (Lipinski definition) is 3. The summed E-state index contributed by atoms with van der Waals surface area (Å²) in [6.45, 7) is -0.350. The van der Waals surface area contributed by atoms with Crippen LogP contribution in [-0.2, 0) is 6.42 Å². The molecule has 1 aliphatic rings. The second-order valence-corrected chi connectivity index (χ2v) is 6.29. The summed E-state index contributed by atoms with van der Waals surface area (Å²) in [6, 6.07) is 9.51. The number of aromatic nitrogens is 1. The van der Waals surface area contributed by atoms with Gasteiger partial charge in [0.05, 0.1) is 18.4 Å². The van der Waals surface area contributed by atoms with Gasteiger partial charge in [-0.2, -0.15) is 0 Å². The summed E-state index contributed by atoms with van der Waals surface area (Å²) >= 11 is 1.20. The molecule has 23 heavy (non-hydrogen) atoms. The van der Waals surface area contributed by atoms with Gasteiger partial charge >= 0.3 is 5.97 Å². The standard InChI is InChI=1S/C17H17NO4S/c19-9-13(20)10-23-18-15(17(21)22)8-12-6-3-5-11-4-1-2-7-14(11)16(12)18/h1-5,7-8,13,19-20H,6,9-10H2,(H,21,22). The first-order valence-electron chi connectivity index (χ1n) is 7.28. The fourth-order valence-corrected chi connectivity index (χ4v) is 3.69. The first kappa shape index (κ1) is 15.9. The monoisotopic (exact) mass is 331 g/mol. The largest absolute Gasteiger partial charge is 0.477 e. The van der Waals surface area contributed by atoms with Crippen molar-refractivity contribution in [3.05, 3.63) is 53.2 Å². The summed E-state index contributed by atoms with van der Waals surface area (Å²) in [7, 11) is 0. The third-order valence-corrected chi connectivity index (χ3v) is 4.89. The fraction of sp³-hybridized carbons (Fsp3) is 0.235. The van der Waals surface area contributed by atoms with Crippen LogP contribution in [0.25, 0.3) is 17.3 Å². The van der Waals surface area contributed by atoms with E-state index in [1.807, 2.05) is 36.4 Å². The van der Waals surface area contributed by atoms with Gasteiger partial charge in [0.1, 0.15) is 5.69 Å². The SMILES string of the molecule is O=C(O)c1cc2c(n1SCC(O)CO)-c1ccccc1C=CC2. The zero-order valence-corrected chi connectivity index (χ0v) is 13.2. The number of rotatable bonds is 5. The van der Waals surface area contributed by atoms with Crippen molar-refractivity contribution in [3.63, 3.8) is 0 Å². The Morgan fingerprint density at radius 2 is 2.13 bits per heavy atom. The highest BCUT2D eigenvalue weighted by Crippen LogP contribution is 2.36. The second-order valence-electron chi connectivity index (χ2n) is 5.33. The van der Waals surface area contributed by atoms with Gasteiger partial charge < -0.3 is 15.3 Å². The molecule has 0 radical (unpaired) electrons. The molecule has 1 heterocycles. The van der Waals surface area contributed by atoms with Gasteiger partial charge in [0.25, 0.3) is 0 Å². The molecule has 0 fully saturated rings. The average Bonchev–Trinajstić information content (AvgIpc) is 2.81. The quantitative estimate of drug-likeness (QED) is 0.783. The summed E-state index contributed by atoms with van der Waals surface area (Å²) in [5.74, 6) is -0.793. The highest BCUT2D eigenvalue weighted by atomic mass is 32.2. The van der Waals surface area contributed by atoms with Crippen molar-refractivity contribution < 1.29 is 20.1 Å². The molecule has 0 bridgehead atoms. The van der Waals surface area contributed by atoms with Crippen molar-refractivity contribution in [1.82, 2.24) is 3.97 Å². The number of benzene rings is 1. The van der Waals surface area contributed by atoms with Gasteiger partial charge in [0.15, 0.2) is 0 Å². The first-order chi connectivity index (χ1) is 11.1.